The van der Waals surface area contributed by atoms with E-state index in [2.05, 4.69) is 17.9 Å². The SMILES string of the molecule is Cc1ccc(OCC(O)CN2CCN(C(=O)C3CC3)CC2)c(C)c1. The quantitative estimate of drug-likeness (QED) is 0.860. The number of hydrogen-bond acceptors (Lipinski definition) is 4. The van der Waals surface area contributed by atoms with Crippen molar-refractivity contribution in [1.29, 1.82) is 0 Å². The van der Waals surface area contributed by atoms with Gasteiger partial charge >= 0.3 is 0 Å². The molecule has 1 saturated heterocycles. The molecule has 0 radical (unpaired) electrons. The Morgan fingerprint density at radius 1 is 1.25 bits per heavy atom. The molecule has 0 aromatic heterocycles. The molecule has 1 saturated carbocycles. The molecule has 2 fully saturated rings. The minimum atomic E-state index is -0.517. The van der Waals surface area contributed by atoms with Crippen LogP contribution in [0.25, 0.3) is 0 Å². The number of carbonyl (C=O) groups is 1. The number of ether oxygens (including phenoxy) is 1. The summed E-state index contributed by atoms with van der Waals surface area (Å²) in [5, 5.41) is 10.2. The van der Waals surface area contributed by atoms with Crippen LogP contribution in [0.1, 0.15) is 24.0 Å². The summed E-state index contributed by atoms with van der Waals surface area (Å²) in [5.41, 5.74) is 2.30. The van der Waals surface area contributed by atoms with Gasteiger partial charge in [0.25, 0.3) is 0 Å². The van der Waals surface area contributed by atoms with Crippen LogP contribution in [-0.4, -0.2) is 66.2 Å². The second-order valence-corrected chi connectivity index (χ2v) is 7.13. The van der Waals surface area contributed by atoms with Gasteiger partial charge in [-0.3, -0.25) is 9.69 Å². The molecule has 0 bridgehead atoms. The zero-order valence-electron chi connectivity index (χ0n) is 14.7. The van der Waals surface area contributed by atoms with Gasteiger partial charge in [-0.05, 0) is 38.3 Å². The summed E-state index contributed by atoms with van der Waals surface area (Å²) in [6.45, 7) is 8.18. The van der Waals surface area contributed by atoms with Crippen LogP contribution in [0.4, 0.5) is 0 Å². The number of piperazine rings is 1. The lowest BCUT2D eigenvalue weighted by Crippen LogP contribution is -2.51. The number of β-amino-alcohol motifs (C(OH)–C–C–N with tert-alkyl or cyclic N) is 1. The Morgan fingerprint density at radius 2 is 1.96 bits per heavy atom. The first-order chi connectivity index (χ1) is 11.5. The number of aryl methyl sites for hydroxylation is 2. The first kappa shape index (κ1) is 17.2. The maximum absolute atomic E-state index is 12.0. The molecule has 1 heterocycles. The molecular weight excluding hydrogens is 304 g/mol. The molecule has 1 N–H and O–H groups in total. The fourth-order valence-electron chi connectivity index (χ4n) is 3.24. The van der Waals surface area contributed by atoms with E-state index in [-0.39, 0.29) is 0 Å². The van der Waals surface area contributed by atoms with Crippen LogP contribution < -0.4 is 4.74 Å². The zero-order valence-corrected chi connectivity index (χ0v) is 14.7. The van der Waals surface area contributed by atoms with E-state index in [0.29, 0.717) is 25.0 Å². The lowest BCUT2D eigenvalue weighted by molar-refractivity contribution is -0.134. The Labute approximate surface area is 144 Å². The molecule has 5 heteroatoms. The highest BCUT2D eigenvalue weighted by Crippen LogP contribution is 2.31. The Morgan fingerprint density at radius 3 is 2.58 bits per heavy atom. The van der Waals surface area contributed by atoms with Crippen molar-refractivity contribution in [2.24, 2.45) is 5.92 Å². The molecule has 1 aliphatic heterocycles. The topological polar surface area (TPSA) is 53.0 Å². The first-order valence-electron chi connectivity index (χ1n) is 8.92. The number of amides is 1. The highest BCUT2D eigenvalue weighted by Gasteiger charge is 2.34. The van der Waals surface area contributed by atoms with Crippen LogP contribution in [0, 0.1) is 19.8 Å². The van der Waals surface area contributed by atoms with Gasteiger partial charge in [0.1, 0.15) is 18.5 Å². The summed E-state index contributed by atoms with van der Waals surface area (Å²) in [7, 11) is 0. The molecular formula is C19H28N2O3. The summed E-state index contributed by atoms with van der Waals surface area (Å²) in [4.78, 5) is 16.2. The van der Waals surface area contributed by atoms with Gasteiger partial charge in [0.15, 0.2) is 0 Å². The fourth-order valence-corrected chi connectivity index (χ4v) is 3.24. The average molecular weight is 332 g/mol. The number of rotatable bonds is 6. The lowest BCUT2D eigenvalue weighted by Gasteiger charge is -2.35. The predicted molar refractivity (Wildman–Crippen MR) is 93.2 cm³/mol. The highest BCUT2D eigenvalue weighted by molar-refractivity contribution is 5.81. The molecule has 5 nitrogen and oxygen atoms in total. The lowest BCUT2D eigenvalue weighted by atomic mass is 10.1. The van der Waals surface area contributed by atoms with E-state index < -0.39 is 6.10 Å². The van der Waals surface area contributed by atoms with Crippen molar-refractivity contribution in [3.05, 3.63) is 29.3 Å². The van der Waals surface area contributed by atoms with Crippen molar-refractivity contribution in [3.8, 4) is 5.75 Å². The van der Waals surface area contributed by atoms with E-state index in [9.17, 15) is 9.90 Å². The number of aliphatic hydroxyl groups excluding tert-OH is 1. The van der Waals surface area contributed by atoms with Crippen LogP contribution in [0.2, 0.25) is 0 Å². The van der Waals surface area contributed by atoms with Gasteiger partial charge in [-0.1, -0.05) is 17.7 Å². The van der Waals surface area contributed by atoms with E-state index in [1.807, 2.05) is 24.0 Å². The molecule has 1 aromatic carbocycles. The molecule has 0 spiro atoms. The van der Waals surface area contributed by atoms with E-state index in [1.54, 1.807) is 0 Å². The number of hydrogen-bond donors (Lipinski definition) is 1. The van der Waals surface area contributed by atoms with E-state index in [4.69, 9.17) is 4.74 Å². The smallest absolute Gasteiger partial charge is 0.225 e. The molecule has 1 aliphatic carbocycles. The van der Waals surface area contributed by atoms with E-state index in [1.165, 1.54) is 5.56 Å². The van der Waals surface area contributed by atoms with Crippen molar-refractivity contribution in [1.82, 2.24) is 9.80 Å². The molecule has 1 amide bonds. The molecule has 1 aromatic rings. The molecule has 1 unspecified atom stereocenters. The molecule has 24 heavy (non-hydrogen) atoms. The van der Waals surface area contributed by atoms with Crippen molar-refractivity contribution in [2.75, 3.05) is 39.3 Å². The van der Waals surface area contributed by atoms with Crippen molar-refractivity contribution in [2.45, 2.75) is 32.8 Å². The standard InChI is InChI=1S/C19H28N2O3/c1-14-3-6-18(15(2)11-14)24-13-17(22)12-20-7-9-21(10-8-20)19(23)16-4-5-16/h3,6,11,16-17,22H,4-5,7-10,12-13H2,1-2H3. The van der Waals surface area contributed by atoms with Crippen LogP contribution in [0.5, 0.6) is 5.75 Å². The summed E-state index contributed by atoms with van der Waals surface area (Å²) in [6, 6.07) is 6.06. The van der Waals surface area contributed by atoms with Gasteiger partial charge < -0.3 is 14.7 Å². The van der Waals surface area contributed by atoms with Crippen LogP contribution in [-0.2, 0) is 4.79 Å². The summed E-state index contributed by atoms with van der Waals surface area (Å²) in [5.74, 6) is 1.46. The molecule has 2 aliphatic rings. The van der Waals surface area contributed by atoms with Crippen LogP contribution in [0.3, 0.4) is 0 Å². The van der Waals surface area contributed by atoms with Gasteiger partial charge in [0.2, 0.25) is 5.91 Å². The van der Waals surface area contributed by atoms with Crippen LogP contribution >= 0.6 is 0 Å². The first-order valence-corrected chi connectivity index (χ1v) is 8.92. The molecule has 3 rings (SSSR count). The average Bonchev–Trinajstić information content (AvgIpc) is 3.39. The van der Waals surface area contributed by atoms with Gasteiger partial charge in [0.05, 0.1) is 0 Å². The van der Waals surface area contributed by atoms with E-state index in [0.717, 1.165) is 50.3 Å². The van der Waals surface area contributed by atoms with Gasteiger partial charge in [-0.15, -0.1) is 0 Å². The minimum Gasteiger partial charge on any atom is -0.491 e. The largest absolute Gasteiger partial charge is 0.491 e. The van der Waals surface area contributed by atoms with Crippen molar-refractivity contribution in [3.63, 3.8) is 0 Å². The second kappa shape index (κ2) is 7.53. The van der Waals surface area contributed by atoms with Gasteiger partial charge in [-0.2, -0.15) is 0 Å². The van der Waals surface area contributed by atoms with E-state index >= 15 is 0 Å². The van der Waals surface area contributed by atoms with Crippen molar-refractivity contribution < 1.29 is 14.6 Å². The third-order valence-corrected chi connectivity index (χ3v) is 4.84. The zero-order chi connectivity index (χ0) is 17.1. The number of benzene rings is 1. The Balaban J connectivity index is 1.39. The molecule has 1 atom stereocenters. The minimum absolute atomic E-state index is 0.297. The van der Waals surface area contributed by atoms with Gasteiger partial charge in [0, 0.05) is 38.6 Å². The number of carbonyl (C=O) groups excluding carboxylic acids is 1. The summed E-state index contributed by atoms with van der Waals surface area (Å²) >= 11 is 0. The molecule has 132 valence electrons. The Hall–Kier alpha value is -1.59. The third-order valence-electron chi connectivity index (χ3n) is 4.84. The third kappa shape index (κ3) is 4.48. The summed E-state index contributed by atoms with van der Waals surface area (Å²) in [6.07, 6.45) is 1.61. The van der Waals surface area contributed by atoms with Crippen LogP contribution in [0.15, 0.2) is 18.2 Å². The Kier molecular flexibility index (Phi) is 5.41. The predicted octanol–water partition coefficient (Wildman–Crippen LogP) is 1.60. The van der Waals surface area contributed by atoms with Crippen molar-refractivity contribution >= 4 is 5.91 Å². The normalized spacial score (nSPS) is 20.0. The number of aliphatic hydroxyl groups is 1. The monoisotopic (exact) mass is 332 g/mol. The Bertz CT molecular complexity index is 578. The highest BCUT2D eigenvalue weighted by atomic mass is 16.5. The number of nitrogens with zero attached hydrogens (tertiary/aromatic N) is 2. The maximum Gasteiger partial charge on any atom is 0.225 e. The fraction of sp³-hybridized carbons (Fsp3) is 0.632. The summed E-state index contributed by atoms with van der Waals surface area (Å²) < 4.78 is 5.75. The second-order valence-electron chi connectivity index (χ2n) is 7.13. The van der Waals surface area contributed by atoms with Gasteiger partial charge in [-0.25, -0.2) is 0 Å². The maximum atomic E-state index is 12.0.